The minimum atomic E-state index is -0.716. The summed E-state index contributed by atoms with van der Waals surface area (Å²) in [5.41, 5.74) is 1.84. The molecule has 0 bridgehead atoms. The Morgan fingerprint density at radius 2 is 1.74 bits per heavy atom. The quantitative estimate of drug-likeness (QED) is 0.893. The minimum Gasteiger partial charge on any atom is -0.483 e. The van der Waals surface area contributed by atoms with Gasteiger partial charge in [0.05, 0.1) is 0 Å². The van der Waals surface area contributed by atoms with Crippen LogP contribution in [-0.2, 0) is 0 Å². The maximum absolute atomic E-state index is 12.8. The largest absolute Gasteiger partial charge is 0.483 e. The van der Waals surface area contributed by atoms with Crippen LogP contribution in [0.5, 0.6) is 5.75 Å². The molecule has 19 heavy (non-hydrogen) atoms. The summed E-state index contributed by atoms with van der Waals surface area (Å²) in [6, 6.07) is 13.4. The third-order valence-corrected chi connectivity index (χ3v) is 3.18. The molecular formula is C16H13FO2. The van der Waals surface area contributed by atoms with Gasteiger partial charge in [0.15, 0.2) is 0 Å². The SMILES string of the molecule is O[C@@H]1c2ccccc2C=C[C@H]1Oc1ccc(F)cc1. The highest BCUT2D eigenvalue weighted by atomic mass is 19.1. The van der Waals surface area contributed by atoms with E-state index in [0.717, 1.165) is 11.1 Å². The smallest absolute Gasteiger partial charge is 0.147 e. The number of rotatable bonds is 2. The van der Waals surface area contributed by atoms with Crippen molar-refractivity contribution >= 4 is 6.08 Å². The molecular weight excluding hydrogens is 243 g/mol. The third kappa shape index (κ3) is 2.37. The van der Waals surface area contributed by atoms with Crippen molar-refractivity contribution in [1.82, 2.24) is 0 Å². The van der Waals surface area contributed by atoms with E-state index in [1.807, 2.05) is 36.4 Å². The number of hydrogen-bond donors (Lipinski definition) is 1. The fraction of sp³-hybridized carbons (Fsp3) is 0.125. The van der Waals surface area contributed by atoms with Crippen LogP contribution < -0.4 is 4.74 Å². The standard InChI is InChI=1S/C16H13FO2/c17-12-6-8-13(9-7-12)19-15-10-5-11-3-1-2-4-14(11)16(15)18/h1-10,15-16,18H/t15-,16-/m1/s1. The molecule has 0 unspecified atom stereocenters. The highest BCUT2D eigenvalue weighted by molar-refractivity contribution is 5.58. The van der Waals surface area contributed by atoms with Gasteiger partial charge in [0, 0.05) is 0 Å². The molecule has 3 rings (SSSR count). The molecule has 2 aromatic carbocycles. The van der Waals surface area contributed by atoms with Crippen molar-refractivity contribution < 1.29 is 14.2 Å². The van der Waals surface area contributed by atoms with Crippen LogP contribution in [0.15, 0.2) is 54.6 Å². The first-order valence-corrected chi connectivity index (χ1v) is 6.11. The van der Waals surface area contributed by atoms with Crippen LogP contribution >= 0.6 is 0 Å². The molecule has 0 aliphatic heterocycles. The summed E-state index contributed by atoms with van der Waals surface area (Å²) in [5.74, 6) is 0.229. The molecule has 3 heteroatoms. The van der Waals surface area contributed by atoms with Crippen molar-refractivity contribution in [2.75, 3.05) is 0 Å². The van der Waals surface area contributed by atoms with E-state index < -0.39 is 12.2 Å². The van der Waals surface area contributed by atoms with Gasteiger partial charge >= 0.3 is 0 Å². The lowest BCUT2D eigenvalue weighted by Crippen LogP contribution is -2.25. The molecule has 2 atom stereocenters. The van der Waals surface area contributed by atoms with Crippen LogP contribution in [0.1, 0.15) is 17.2 Å². The maximum Gasteiger partial charge on any atom is 0.147 e. The first kappa shape index (κ1) is 11.9. The second-order valence-corrected chi connectivity index (χ2v) is 4.47. The summed E-state index contributed by atoms with van der Waals surface area (Å²) >= 11 is 0. The van der Waals surface area contributed by atoms with Gasteiger partial charge in [0.2, 0.25) is 0 Å². The number of fused-ring (bicyclic) bond motifs is 1. The number of aliphatic hydroxyl groups is 1. The van der Waals surface area contributed by atoms with Crippen molar-refractivity contribution in [2.24, 2.45) is 0 Å². The lowest BCUT2D eigenvalue weighted by Gasteiger charge is -2.26. The molecule has 1 N–H and O–H groups in total. The molecule has 1 aliphatic carbocycles. The van der Waals surface area contributed by atoms with Gasteiger partial charge in [-0.2, -0.15) is 0 Å². The number of hydrogen-bond acceptors (Lipinski definition) is 2. The topological polar surface area (TPSA) is 29.5 Å². The Balaban J connectivity index is 1.83. The summed E-state index contributed by atoms with van der Waals surface area (Å²) in [4.78, 5) is 0. The van der Waals surface area contributed by atoms with Crippen molar-refractivity contribution in [3.8, 4) is 5.75 Å². The van der Waals surface area contributed by atoms with E-state index in [0.29, 0.717) is 5.75 Å². The van der Waals surface area contributed by atoms with E-state index in [1.54, 1.807) is 12.1 Å². The Labute approximate surface area is 110 Å². The van der Waals surface area contributed by atoms with E-state index in [-0.39, 0.29) is 5.82 Å². The summed E-state index contributed by atoms with van der Waals surface area (Å²) in [6.45, 7) is 0. The number of aliphatic hydroxyl groups excluding tert-OH is 1. The first-order chi connectivity index (χ1) is 9.24. The van der Waals surface area contributed by atoms with Gasteiger partial charge in [-0.05, 0) is 41.5 Å². The van der Waals surface area contributed by atoms with E-state index in [9.17, 15) is 9.50 Å². The fourth-order valence-corrected chi connectivity index (χ4v) is 2.19. The Morgan fingerprint density at radius 1 is 1.00 bits per heavy atom. The molecule has 0 aromatic heterocycles. The van der Waals surface area contributed by atoms with Crippen molar-refractivity contribution in [3.63, 3.8) is 0 Å². The molecule has 0 saturated heterocycles. The van der Waals surface area contributed by atoms with Crippen LogP contribution in [0.3, 0.4) is 0 Å². The van der Waals surface area contributed by atoms with Crippen LogP contribution in [0.2, 0.25) is 0 Å². The molecule has 0 spiro atoms. The second-order valence-electron chi connectivity index (χ2n) is 4.47. The fourth-order valence-electron chi connectivity index (χ4n) is 2.19. The Hall–Kier alpha value is -2.13. The van der Waals surface area contributed by atoms with Crippen molar-refractivity contribution in [3.05, 3.63) is 71.6 Å². The normalized spacial score (nSPS) is 20.9. The monoisotopic (exact) mass is 256 g/mol. The van der Waals surface area contributed by atoms with Crippen LogP contribution in [0.4, 0.5) is 4.39 Å². The molecule has 0 saturated carbocycles. The van der Waals surface area contributed by atoms with Gasteiger partial charge in [0.25, 0.3) is 0 Å². The van der Waals surface area contributed by atoms with E-state index >= 15 is 0 Å². The first-order valence-electron chi connectivity index (χ1n) is 6.11. The average molecular weight is 256 g/mol. The van der Waals surface area contributed by atoms with Gasteiger partial charge in [-0.25, -0.2) is 4.39 Å². The predicted molar refractivity (Wildman–Crippen MR) is 71.3 cm³/mol. The molecule has 0 heterocycles. The van der Waals surface area contributed by atoms with E-state index in [1.165, 1.54) is 12.1 Å². The number of benzene rings is 2. The lowest BCUT2D eigenvalue weighted by atomic mass is 9.93. The lowest BCUT2D eigenvalue weighted by molar-refractivity contribution is 0.0623. The van der Waals surface area contributed by atoms with Crippen LogP contribution in [-0.4, -0.2) is 11.2 Å². The van der Waals surface area contributed by atoms with Crippen molar-refractivity contribution in [1.29, 1.82) is 0 Å². The summed E-state index contributed by atoms with van der Waals surface area (Å²) in [6.07, 6.45) is 2.57. The summed E-state index contributed by atoms with van der Waals surface area (Å²) < 4.78 is 18.5. The van der Waals surface area contributed by atoms with Crippen LogP contribution in [0, 0.1) is 5.82 Å². The molecule has 0 radical (unpaired) electrons. The summed E-state index contributed by atoms with van der Waals surface area (Å²) in [5, 5.41) is 10.3. The summed E-state index contributed by atoms with van der Waals surface area (Å²) in [7, 11) is 0. The minimum absolute atomic E-state index is 0.308. The average Bonchev–Trinajstić information content (AvgIpc) is 2.45. The Morgan fingerprint density at radius 3 is 2.53 bits per heavy atom. The molecule has 0 fully saturated rings. The van der Waals surface area contributed by atoms with Gasteiger partial charge in [-0.3, -0.25) is 0 Å². The Kier molecular flexibility index (Phi) is 3.05. The van der Waals surface area contributed by atoms with Crippen molar-refractivity contribution in [2.45, 2.75) is 12.2 Å². The van der Waals surface area contributed by atoms with Gasteiger partial charge in [-0.1, -0.05) is 30.3 Å². The molecule has 2 aromatic rings. The number of ether oxygens (including phenoxy) is 1. The zero-order chi connectivity index (χ0) is 13.2. The second kappa shape index (κ2) is 4.86. The predicted octanol–water partition coefficient (Wildman–Crippen LogP) is 3.33. The third-order valence-electron chi connectivity index (χ3n) is 3.18. The van der Waals surface area contributed by atoms with Gasteiger partial charge in [-0.15, -0.1) is 0 Å². The molecule has 1 aliphatic rings. The zero-order valence-corrected chi connectivity index (χ0v) is 10.2. The zero-order valence-electron chi connectivity index (χ0n) is 10.2. The van der Waals surface area contributed by atoms with Gasteiger partial charge < -0.3 is 9.84 Å². The number of halogens is 1. The molecule has 96 valence electrons. The van der Waals surface area contributed by atoms with Crippen LogP contribution in [0.25, 0.3) is 6.08 Å². The van der Waals surface area contributed by atoms with E-state index in [4.69, 9.17) is 4.74 Å². The highest BCUT2D eigenvalue weighted by Crippen LogP contribution is 2.30. The molecule has 2 nitrogen and oxygen atoms in total. The Bertz CT molecular complexity index is 604. The van der Waals surface area contributed by atoms with E-state index in [2.05, 4.69) is 0 Å². The molecule has 0 amide bonds. The highest BCUT2D eigenvalue weighted by Gasteiger charge is 2.25. The van der Waals surface area contributed by atoms with Gasteiger partial charge in [0.1, 0.15) is 23.8 Å². The maximum atomic E-state index is 12.8.